The fraction of sp³-hybridized carbons (Fsp3) is 0.250. The number of amides is 4. The summed E-state index contributed by atoms with van der Waals surface area (Å²) in [5, 5.41) is 7.31. The Balaban J connectivity index is 2.77. The summed E-state index contributed by atoms with van der Waals surface area (Å²) >= 11 is 0. The highest BCUT2D eigenvalue weighted by atomic mass is 16.2. The van der Waals surface area contributed by atoms with Crippen molar-refractivity contribution in [2.75, 3.05) is 18.9 Å². The molecule has 0 fully saturated rings. The van der Waals surface area contributed by atoms with Crippen LogP contribution in [-0.2, 0) is 4.79 Å². The van der Waals surface area contributed by atoms with Crippen LogP contribution in [-0.4, -0.2) is 31.4 Å². The summed E-state index contributed by atoms with van der Waals surface area (Å²) in [6, 6.07) is 4.22. The second kappa shape index (κ2) is 6.39. The second-order valence-corrected chi connectivity index (χ2v) is 3.82. The molecule has 1 rings (SSSR count). The Bertz CT molecular complexity index is 514. The summed E-state index contributed by atoms with van der Waals surface area (Å²) in [4.78, 5) is 33.3. The highest BCUT2D eigenvalue weighted by Crippen LogP contribution is 2.18. The van der Waals surface area contributed by atoms with Gasteiger partial charge < -0.3 is 16.4 Å². The third-order valence-electron chi connectivity index (χ3n) is 2.51. The van der Waals surface area contributed by atoms with Crippen LogP contribution in [0.25, 0.3) is 0 Å². The van der Waals surface area contributed by atoms with Crippen molar-refractivity contribution in [3.05, 3.63) is 29.3 Å². The molecule has 0 saturated carbocycles. The summed E-state index contributed by atoms with van der Waals surface area (Å²) in [5.74, 6) is -0.750. The first-order chi connectivity index (χ1) is 8.95. The molecule has 1 aromatic carbocycles. The summed E-state index contributed by atoms with van der Waals surface area (Å²) in [5.41, 5.74) is 6.69. The molecule has 1 aromatic rings. The molecule has 7 heteroatoms. The molecule has 0 heterocycles. The zero-order valence-corrected chi connectivity index (χ0v) is 10.7. The van der Waals surface area contributed by atoms with Gasteiger partial charge in [-0.25, -0.2) is 4.79 Å². The van der Waals surface area contributed by atoms with E-state index in [1.165, 1.54) is 0 Å². The predicted octanol–water partition coefficient (Wildman–Crippen LogP) is -0.0386. The van der Waals surface area contributed by atoms with Gasteiger partial charge in [0.2, 0.25) is 5.91 Å². The van der Waals surface area contributed by atoms with Crippen LogP contribution in [0.1, 0.15) is 15.9 Å². The van der Waals surface area contributed by atoms with E-state index in [0.29, 0.717) is 16.8 Å². The zero-order valence-electron chi connectivity index (χ0n) is 10.7. The molecule has 0 unspecified atom stereocenters. The van der Waals surface area contributed by atoms with E-state index < -0.39 is 11.9 Å². The van der Waals surface area contributed by atoms with E-state index in [1.807, 2.05) is 5.32 Å². The number of imide groups is 1. The summed E-state index contributed by atoms with van der Waals surface area (Å²) in [6.07, 6.45) is 0. The number of anilines is 1. The Morgan fingerprint density at radius 1 is 1.26 bits per heavy atom. The van der Waals surface area contributed by atoms with Gasteiger partial charge in [-0.3, -0.25) is 14.9 Å². The standard InChI is InChI=1S/C12H16N4O3/c1-7-8(11(18)14-2)4-3-5-9(7)15-6-10(17)16-12(13)19/h3-5,15H,6H2,1-2H3,(H,14,18)(H3,13,16,17,19). The summed E-state index contributed by atoms with van der Waals surface area (Å²) in [6.45, 7) is 1.65. The molecule has 19 heavy (non-hydrogen) atoms. The first kappa shape index (κ1) is 14.5. The van der Waals surface area contributed by atoms with E-state index in [2.05, 4.69) is 10.6 Å². The smallest absolute Gasteiger partial charge is 0.318 e. The van der Waals surface area contributed by atoms with Crippen LogP contribution in [0.15, 0.2) is 18.2 Å². The maximum Gasteiger partial charge on any atom is 0.318 e. The summed E-state index contributed by atoms with van der Waals surface area (Å²) < 4.78 is 0. The molecule has 0 spiro atoms. The van der Waals surface area contributed by atoms with E-state index >= 15 is 0 Å². The second-order valence-electron chi connectivity index (χ2n) is 3.82. The lowest BCUT2D eigenvalue weighted by Crippen LogP contribution is -2.38. The van der Waals surface area contributed by atoms with Crippen LogP contribution < -0.4 is 21.7 Å². The molecular weight excluding hydrogens is 248 g/mol. The average molecular weight is 264 g/mol. The van der Waals surface area contributed by atoms with Crippen molar-refractivity contribution in [1.82, 2.24) is 10.6 Å². The van der Waals surface area contributed by atoms with Gasteiger partial charge in [-0.2, -0.15) is 0 Å². The van der Waals surface area contributed by atoms with Gasteiger partial charge in [-0.05, 0) is 24.6 Å². The van der Waals surface area contributed by atoms with Crippen LogP contribution >= 0.6 is 0 Å². The van der Waals surface area contributed by atoms with Crippen LogP contribution in [0.4, 0.5) is 10.5 Å². The lowest BCUT2D eigenvalue weighted by atomic mass is 10.1. The highest BCUT2D eigenvalue weighted by Gasteiger charge is 2.11. The van der Waals surface area contributed by atoms with Gasteiger partial charge in [-0.1, -0.05) is 6.07 Å². The molecule has 0 atom stereocenters. The molecule has 0 aliphatic heterocycles. The molecule has 4 amide bonds. The number of rotatable bonds is 4. The van der Waals surface area contributed by atoms with Gasteiger partial charge in [-0.15, -0.1) is 0 Å². The van der Waals surface area contributed by atoms with Gasteiger partial charge >= 0.3 is 6.03 Å². The molecule has 0 aliphatic carbocycles. The Hall–Kier alpha value is -2.57. The Labute approximate surface area is 110 Å². The minimum atomic E-state index is -0.900. The largest absolute Gasteiger partial charge is 0.376 e. The minimum absolute atomic E-state index is 0.110. The molecule has 0 bridgehead atoms. The van der Waals surface area contributed by atoms with E-state index in [9.17, 15) is 14.4 Å². The van der Waals surface area contributed by atoms with Crippen molar-refractivity contribution in [1.29, 1.82) is 0 Å². The maximum absolute atomic E-state index is 11.6. The number of carbonyl (C=O) groups is 3. The molecule has 5 N–H and O–H groups in total. The molecule has 0 radical (unpaired) electrons. The number of primary amides is 1. The van der Waals surface area contributed by atoms with E-state index in [4.69, 9.17) is 5.73 Å². The first-order valence-electron chi connectivity index (χ1n) is 5.60. The van der Waals surface area contributed by atoms with Crippen LogP contribution in [0.5, 0.6) is 0 Å². The number of nitrogens with two attached hydrogens (primary N) is 1. The van der Waals surface area contributed by atoms with E-state index in [-0.39, 0.29) is 12.5 Å². The average Bonchev–Trinajstić information content (AvgIpc) is 2.36. The van der Waals surface area contributed by atoms with Crippen molar-refractivity contribution in [2.45, 2.75) is 6.92 Å². The number of benzene rings is 1. The lowest BCUT2D eigenvalue weighted by molar-refractivity contribution is -0.118. The fourth-order valence-corrected chi connectivity index (χ4v) is 1.56. The molecular formula is C12H16N4O3. The fourth-order valence-electron chi connectivity index (χ4n) is 1.56. The van der Waals surface area contributed by atoms with Gasteiger partial charge in [0.15, 0.2) is 0 Å². The topological polar surface area (TPSA) is 113 Å². The van der Waals surface area contributed by atoms with Crippen molar-refractivity contribution in [2.24, 2.45) is 5.73 Å². The quantitative estimate of drug-likeness (QED) is 0.611. The molecule has 0 saturated heterocycles. The molecule has 102 valence electrons. The van der Waals surface area contributed by atoms with Crippen LogP contribution in [0.2, 0.25) is 0 Å². The lowest BCUT2D eigenvalue weighted by Gasteiger charge is -2.12. The van der Waals surface area contributed by atoms with Gasteiger partial charge in [0, 0.05) is 18.3 Å². The Kier molecular flexibility index (Phi) is 4.87. The van der Waals surface area contributed by atoms with Crippen molar-refractivity contribution < 1.29 is 14.4 Å². The Morgan fingerprint density at radius 3 is 2.53 bits per heavy atom. The number of hydrogen-bond acceptors (Lipinski definition) is 4. The van der Waals surface area contributed by atoms with Crippen molar-refractivity contribution >= 4 is 23.5 Å². The predicted molar refractivity (Wildman–Crippen MR) is 70.8 cm³/mol. The SMILES string of the molecule is CNC(=O)c1cccc(NCC(=O)NC(N)=O)c1C. The third kappa shape index (κ3) is 3.98. The van der Waals surface area contributed by atoms with Gasteiger partial charge in [0.25, 0.3) is 5.91 Å². The zero-order chi connectivity index (χ0) is 14.4. The van der Waals surface area contributed by atoms with Crippen molar-refractivity contribution in [3.63, 3.8) is 0 Å². The normalized spacial score (nSPS) is 9.58. The monoisotopic (exact) mass is 264 g/mol. The number of urea groups is 1. The minimum Gasteiger partial charge on any atom is -0.376 e. The molecule has 0 aromatic heterocycles. The van der Waals surface area contributed by atoms with E-state index in [1.54, 1.807) is 32.2 Å². The molecule has 7 nitrogen and oxygen atoms in total. The van der Waals surface area contributed by atoms with Crippen LogP contribution in [0.3, 0.4) is 0 Å². The first-order valence-corrected chi connectivity index (χ1v) is 5.60. The third-order valence-corrected chi connectivity index (χ3v) is 2.51. The van der Waals surface area contributed by atoms with Crippen molar-refractivity contribution in [3.8, 4) is 0 Å². The van der Waals surface area contributed by atoms with Gasteiger partial charge in [0.1, 0.15) is 0 Å². The van der Waals surface area contributed by atoms with Crippen LogP contribution in [0, 0.1) is 6.92 Å². The Morgan fingerprint density at radius 2 is 1.95 bits per heavy atom. The number of carbonyl (C=O) groups excluding carboxylic acids is 3. The van der Waals surface area contributed by atoms with E-state index in [0.717, 1.165) is 0 Å². The van der Waals surface area contributed by atoms with Gasteiger partial charge in [0.05, 0.1) is 6.54 Å². The summed E-state index contributed by atoms with van der Waals surface area (Å²) in [7, 11) is 1.54. The highest BCUT2D eigenvalue weighted by molar-refractivity contribution is 5.98. The molecule has 0 aliphatic rings. The number of nitrogens with one attached hydrogen (secondary N) is 3. The maximum atomic E-state index is 11.6. The number of hydrogen-bond donors (Lipinski definition) is 4.